The van der Waals surface area contributed by atoms with E-state index in [1.165, 1.54) is 37.6 Å². The zero-order valence-corrected chi connectivity index (χ0v) is 15.2. The molecular weight excluding hydrogens is 393 g/mol. The van der Waals surface area contributed by atoms with Gasteiger partial charge in [-0.2, -0.15) is 10.4 Å². The fourth-order valence-electron chi connectivity index (χ4n) is 2.08. The molecule has 0 fully saturated rings. The minimum Gasteiger partial charge on any atom is -0.493 e. The average Bonchev–Trinajstić information content (AvgIpc) is 2.66. The van der Waals surface area contributed by atoms with E-state index >= 15 is 0 Å². The molecule has 0 bridgehead atoms. The van der Waals surface area contributed by atoms with Gasteiger partial charge in [0.15, 0.2) is 18.1 Å². The first-order valence-corrected chi connectivity index (χ1v) is 7.98. The van der Waals surface area contributed by atoms with E-state index in [9.17, 15) is 14.0 Å². The maximum absolute atomic E-state index is 13.8. The fourth-order valence-corrected chi connectivity index (χ4v) is 2.36. The lowest BCUT2D eigenvalue weighted by atomic mass is 10.1. The van der Waals surface area contributed by atoms with E-state index in [0.29, 0.717) is 5.56 Å². The summed E-state index contributed by atoms with van der Waals surface area (Å²) in [7, 11) is 1.34. The molecule has 0 radical (unpaired) electrons. The number of carboxylic acid groups (broad SMARTS) is 1. The van der Waals surface area contributed by atoms with Crippen molar-refractivity contribution in [3.8, 4) is 17.6 Å². The summed E-state index contributed by atoms with van der Waals surface area (Å²) in [4.78, 5) is 22.6. The van der Waals surface area contributed by atoms with Crippen LogP contribution in [-0.2, 0) is 4.79 Å². The summed E-state index contributed by atoms with van der Waals surface area (Å²) >= 11 is 6.06. The number of nitrogens with zero attached hydrogens (tertiary/aromatic N) is 2. The van der Waals surface area contributed by atoms with Gasteiger partial charge in [0, 0.05) is 0 Å². The highest BCUT2D eigenvalue weighted by Crippen LogP contribution is 2.36. The van der Waals surface area contributed by atoms with Crippen molar-refractivity contribution in [2.75, 3.05) is 13.7 Å². The maximum Gasteiger partial charge on any atom is 0.341 e. The lowest BCUT2D eigenvalue weighted by Gasteiger charge is -2.11. The molecule has 0 atom stereocenters. The number of benzene rings is 2. The van der Waals surface area contributed by atoms with Crippen molar-refractivity contribution in [3.63, 3.8) is 0 Å². The highest BCUT2D eigenvalue weighted by Gasteiger charge is 2.14. The molecule has 0 aromatic heterocycles. The summed E-state index contributed by atoms with van der Waals surface area (Å²) in [6.45, 7) is -0.601. The van der Waals surface area contributed by atoms with Crippen molar-refractivity contribution in [2.24, 2.45) is 5.10 Å². The first kappa shape index (κ1) is 20.7. The number of nitrogens with one attached hydrogen (secondary N) is 1. The number of nitriles is 1. The molecule has 2 N–H and O–H groups in total. The Labute approximate surface area is 163 Å². The van der Waals surface area contributed by atoms with Gasteiger partial charge in [0.05, 0.1) is 35.5 Å². The molecule has 0 saturated carbocycles. The molecule has 0 aliphatic rings. The molecule has 0 heterocycles. The number of hydrogen-bond acceptors (Lipinski definition) is 6. The maximum atomic E-state index is 13.8. The van der Waals surface area contributed by atoms with Crippen LogP contribution in [0.2, 0.25) is 5.02 Å². The van der Waals surface area contributed by atoms with Gasteiger partial charge in [-0.25, -0.2) is 14.6 Å². The Kier molecular flexibility index (Phi) is 6.90. The van der Waals surface area contributed by atoms with Gasteiger partial charge in [0.25, 0.3) is 5.91 Å². The second-order valence-electron chi connectivity index (χ2n) is 5.22. The summed E-state index contributed by atoms with van der Waals surface area (Å²) in [5.74, 6) is -2.62. The monoisotopic (exact) mass is 405 g/mol. The Balaban J connectivity index is 2.13. The van der Waals surface area contributed by atoms with Crippen LogP contribution in [-0.4, -0.2) is 36.9 Å². The molecule has 2 aromatic rings. The van der Waals surface area contributed by atoms with E-state index in [2.05, 4.69) is 10.5 Å². The van der Waals surface area contributed by atoms with Gasteiger partial charge in [0.1, 0.15) is 5.82 Å². The van der Waals surface area contributed by atoms with Gasteiger partial charge < -0.3 is 14.6 Å². The normalized spacial score (nSPS) is 10.4. The van der Waals surface area contributed by atoms with Crippen LogP contribution in [0.25, 0.3) is 0 Å². The van der Waals surface area contributed by atoms with Crippen molar-refractivity contribution >= 4 is 29.7 Å². The second-order valence-corrected chi connectivity index (χ2v) is 5.63. The molecular formula is C18H13ClFN3O5. The molecule has 0 aliphatic heterocycles. The largest absolute Gasteiger partial charge is 0.493 e. The second kappa shape index (κ2) is 9.34. The standard InChI is InChI=1S/C18H13ClFN3O5/c1-27-15-6-11(4-13(19)17(15)28-9-16(24)25)8-22-23-18(26)12-3-2-10(7-21)5-14(12)20/h2-6,8H,9H2,1H3,(H,23,26)(H,24,25)/b22-8-. The van der Waals surface area contributed by atoms with Crippen LogP contribution in [0.5, 0.6) is 11.5 Å². The third-order valence-corrected chi connectivity index (χ3v) is 3.60. The van der Waals surface area contributed by atoms with Crippen LogP contribution in [0, 0.1) is 17.1 Å². The van der Waals surface area contributed by atoms with Crippen LogP contribution in [0.1, 0.15) is 21.5 Å². The summed E-state index contributed by atoms with van der Waals surface area (Å²) < 4.78 is 24.0. The number of methoxy groups -OCH3 is 1. The fraction of sp³-hybridized carbons (Fsp3) is 0.111. The minimum absolute atomic E-state index is 0.0485. The predicted octanol–water partition coefficient (Wildman–Crippen LogP) is 2.59. The van der Waals surface area contributed by atoms with Crippen molar-refractivity contribution in [3.05, 3.63) is 57.9 Å². The number of carbonyl (C=O) groups is 2. The van der Waals surface area contributed by atoms with Gasteiger partial charge in [0.2, 0.25) is 0 Å². The smallest absolute Gasteiger partial charge is 0.341 e. The zero-order chi connectivity index (χ0) is 20.7. The van der Waals surface area contributed by atoms with Gasteiger partial charge in [-0.1, -0.05) is 11.6 Å². The topological polar surface area (TPSA) is 121 Å². The van der Waals surface area contributed by atoms with E-state index in [-0.39, 0.29) is 27.6 Å². The van der Waals surface area contributed by atoms with Crippen LogP contribution >= 0.6 is 11.6 Å². The third-order valence-electron chi connectivity index (χ3n) is 3.31. The van der Waals surface area contributed by atoms with Gasteiger partial charge >= 0.3 is 5.97 Å². The van der Waals surface area contributed by atoms with Crippen LogP contribution < -0.4 is 14.9 Å². The number of halogens is 2. The van der Waals surface area contributed by atoms with Crippen molar-refractivity contribution in [2.45, 2.75) is 0 Å². The molecule has 0 saturated heterocycles. The van der Waals surface area contributed by atoms with E-state index in [4.69, 9.17) is 31.4 Å². The lowest BCUT2D eigenvalue weighted by molar-refractivity contribution is -0.139. The molecule has 8 nitrogen and oxygen atoms in total. The first-order chi connectivity index (χ1) is 13.3. The van der Waals surface area contributed by atoms with Gasteiger partial charge in [-0.3, -0.25) is 4.79 Å². The summed E-state index contributed by atoms with van der Waals surface area (Å²) in [6.07, 6.45) is 1.23. The van der Waals surface area contributed by atoms with E-state index in [0.717, 1.165) is 6.07 Å². The number of hydrazone groups is 1. The van der Waals surface area contributed by atoms with Crippen molar-refractivity contribution < 1.29 is 28.6 Å². The highest BCUT2D eigenvalue weighted by atomic mass is 35.5. The Morgan fingerprint density at radius 2 is 2.14 bits per heavy atom. The summed E-state index contributed by atoms with van der Waals surface area (Å²) in [5.41, 5.74) is 2.37. The number of amides is 1. The molecule has 2 aromatic carbocycles. The number of rotatable bonds is 7. The van der Waals surface area contributed by atoms with Crippen molar-refractivity contribution in [1.82, 2.24) is 5.43 Å². The molecule has 0 aliphatic carbocycles. The molecule has 2 rings (SSSR count). The molecule has 0 unspecified atom stereocenters. The van der Waals surface area contributed by atoms with Crippen molar-refractivity contribution in [1.29, 1.82) is 5.26 Å². The van der Waals surface area contributed by atoms with Crippen LogP contribution in [0.3, 0.4) is 0 Å². The Bertz CT molecular complexity index is 988. The number of aliphatic carboxylic acids is 1. The number of hydrogen-bond donors (Lipinski definition) is 2. The molecule has 144 valence electrons. The van der Waals surface area contributed by atoms with E-state index in [1.807, 2.05) is 0 Å². The molecule has 10 heteroatoms. The molecule has 0 spiro atoms. The molecule has 1 amide bonds. The van der Waals surface area contributed by atoms with Crippen LogP contribution in [0.4, 0.5) is 4.39 Å². The lowest BCUT2D eigenvalue weighted by Crippen LogP contribution is -2.19. The first-order valence-electron chi connectivity index (χ1n) is 7.61. The van der Waals surface area contributed by atoms with Gasteiger partial charge in [-0.05, 0) is 35.9 Å². The Morgan fingerprint density at radius 3 is 2.75 bits per heavy atom. The van der Waals surface area contributed by atoms with E-state index < -0.39 is 24.3 Å². The molecule has 28 heavy (non-hydrogen) atoms. The highest BCUT2D eigenvalue weighted by molar-refractivity contribution is 6.32. The minimum atomic E-state index is -1.18. The number of carboxylic acids is 1. The predicted molar refractivity (Wildman–Crippen MR) is 97.3 cm³/mol. The van der Waals surface area contributed by atoms with Crippen LogP contribution in [0.15, 0.2) is 35.4 Å². The Morgan fingerprint density at radius 1 is 1.39 bits per heavy atom. The Hall–Kier alpha value is -3.64. The van der Waals surface area contributed by atoms with Gasteiger partial charge in [-0.15, -0.1) is 0 Å². The number of carbonyl (C=O) groups excluding carboxylic acids is 1. The van der Waals surface area contributed by atoms with E-state index in [1.54, 1.807) is 6.07 Å². The number of ether oxygens (including phenoxy) is 2. The summed E-state index contributed by atoms with van der Waals surface area (Å²) in [6, 6.07) is 8.07. The third kappa shape index (κ3) is 5.18. The quantitative estimate of drug-likeness (QED) is 0.539. The summed E-state index contributed by atoms with van der Waals surface area (Å²) in [5, 5.41) is 21.2. The average molecular weight is 406 g/mol. The zero-order valence-electron chi connectivity index (χ0n) is 14.4. The SMILES string of the molecule is COc1cc(/C=N\NC(=O)c2ccc(C#N)cc2F)cc(Cl)c1OCC(=O)O.